The van der Waals surface area contributed by atoms with Gasteiger partial charge in [0.1, 0.15) is 16.8 Å². The van der Waals surface area contributed by atoms with E-state index in [4.69, 9.17) is 0 Å². The third kappa shape index (κ3) is 2.44. The second-order valence-corrected chi connectivity index (χ2v) is 4.39. The Hall–Kier alpha value is -2.89. The van der Waals surface area contributed by atoms with Gasteiger partial charge in [-0.25, -0.2) is 0 Å². The van der Waals surface area contributed by atoms with Crippen molar-refractivity contribution in [2.75, 3.05) is 5.32 Å². The molecule has 1 amide bonds. The molecule has 3 N–H and O–H groups in total. The van der Waals surface area contributed by atoms with Crippen LogP contribution in [-0.2, 0) is 11.2 Å². The summed E-state index contributed by atoms with van der Waals surface area (Å²) in [4.78, 5) is 12.0. The lowest BCUT2D eigenvalue weighted by molar-refractivity contribution is -0.115. The molecule has 1 heterocycles. The van der Waals surface area contributed by atoms with Gasteiger partial charge in [-0.05, 0) is 29.8 Å². The first-order chi connectivity index (χ1) is 9.72. The molecule has 100 valence electrons. The number of aromatic nitrogens is 3. The van der Waals surface area contributed by atoms with Crippen molar-refractivity contribution in [3.05, 3.63) is 48.0 Å². The first-order valence-corrected chi connectivity index (χ1v) is 6.09. The standard InChI is InChI=1S/C14H12N4O2/c19-10-6-4-9(5-7-10)8-13(20)15-11-2-1-3-12-14(11)17-18-16-12/h1-7,19H,8H2,(H,15,20)(H,16,17,18). The van der Waals surface area contributed by atoms with Gasteiger partial charge in [-0.15, -0.1) is 0 Å². The van der Waals surface area contributed by atoms with E-state index in [1.54, 1.807) is 36.4 Å². The van der Waals surface area contributed by atoms with E-state index in [1.165, 1.54) is 0 Å². The molecule has 0 atom stereocenters. The Morgan fingerprint density at radius 2 is 1.95 bits per heavy atom. The van der Waals surface area contributed by atoms with Gasteiger partial charge < -0.3 is 10.4 Å². The number of hydrogen-bond acceptors (Lipinski definition) is 4. The number of amides is 1. The maximum atomic E-state index is 12.0. The molecule has 0 saturated carbocycles. The fourth-order valence-corrected chi connectivity index (χ4v) is 1.96. The highest BCUT2D eigenvalue weighted by atomic mass is 16.3. The van der Waals surface area contributed by atoms with Gasteiger partial charge in [0.25, 0.3) is 0 Å². The molecular formula is C14H12N4O2. The Bertz CT molecular complexity index is 749. The highest BCUT2D eigenvalue weighted by Crippen LogP contribution is 2.19. The van der Waals surface area contributed by atoms with Gasteiger partial charge in [-0.1, -0.05) is 18.2 Å². The summed E-state index contributed by atoms with van der Waals surface area (Å²) in [5.41, 5.74) is 2.78. The number of benzene rings is 2. The summed E-state index contributed by atoms with van der Waals surface area (Å²) in [5.74, 6) is 0.0349. The van der Waals surface area contributed by atoms with E-state index in [0.29, 0.717) is 16.7 Å². The number of anilines is 1. The summed E-state index contributed by atoms with van der Waals surface area (Å²) in [6.07, 6.45) is 0.231. The lowest BCUT2D eigenvalue weighted by Crippen LogP contribution is -2.14. The Labute approximate surface area is 114 Å². The molecule has 1 aromatic heterocycles. The van der Waals surface area contributed by atoms with E-state index in [0.717, 1.165) is 5.56 Å². The molecule has 0 aliphatic carbocycles. The predicted octanol–water partition coefficient (Wildman–Crippen LogP) is 1.84. The lowest BCUT2D eigenvalue weighted by atomic mass is 10.1. The first-order valence-electron chi connectivity index (χ1n) is 6.09. The average Bonchev–Trinajstić information content (AvgIpc) is 2.91. The smallest absolute Gasteiger partial charge is 0.228 e. The van der Waals surface area contributed by atoms with Gasteiger partial charge in [-0.3, -0.25) is 4.79 Å². The summed E-state index contributed by atoms with van der Waals surface area (Å²) in [6, 6.07) is 11.9. The van der Waals surface area contributed by atoms with Crippen molar-refractivity contribution in [2.24, 2.45) is 0 Å². The SMILES string of the molecule is O=C(Cc1ccc(O)cc1)Nc1cccc2n[nH]nc12. The Morgan fingerprint density at radius 3 is 2.75 bits per heavy atom. The molecule has 0 aliphatic rings. The molecule has 3 aromatic rings. The van der Waals surface area contributed by atoms with Crippen LogP contribution < -0.4 is 5.32 Å². The van der Waals surface area contributed by atoms with Crippen molar-refractivity contribution in [1.29, 1.82) is 0 Å². The van der Waals surface area contributed by atoms with Crippen LogP contribution in [0.15, 0.2) is 42.5 Å². The minimum absolute atomic E-state index is 0.147. The number of carbonyl (C=O) groups excluding carboxylic acids is 1. The van der Waals surface area contributed by atoms with Crippen LogP contribution in [0.1, 0.15) is 5.56 Å². The first kappa shape index (κ1) is 12.2. The van der Waals surface area contributed by atoms with Crippen molar-refractivity contribution >= 4 is 22.6 Å². The van der Waals surface area contributed by atoms with Crippen molar-refractivity contribution in [3.8, 4) is 5.75 Å². The third-order valence-electron chi connectivity index (χ3n) is 2.92. The number of aromatic hydroxyl groups is 1. The summed E-state index contributed by atoms with van der Waals surface area (Å²) in [7, 11) is 0. The molecule has 0 radical (unpaired) electrons. The monoisotopic (exact) mass is 268 g/mol. The normalized spacial score (nSPS) is 10.6. The van der Waals surface area contributed by atoms with E-state index in [2.05, 4.69) is 20.7 Å². The van der Waals surface area contributed by atoms with E-state index < -0.39 is 0 Å². The quantitative estimate of drug-likeness (QED) is 0.676. The van der Waals surface area contributed by atoms with Gasteiger partial charge in [0, 0.05) is 0 Å². The number of H-pyrrole nitrogens is 1. The summed E-state index contributed by atoms with van der Waals surface area (Å²) >= 11 is 0. The van der Waals surface area contributed by atoms with E-state index >= 15 is 0 Å². The molecule has 0 aliphatic heterocycles. The maximum Gasteiger partial charge on any atom is 0.228 e. The topological polar surface area (TPSA) is 90.9 Å². The zero-order valence-electron chi connectivity index (χ0n) is 10.5. The number of phenols is 1. The molecule has 20 heavy (non-hydrogen) atoms. The fourth-order valence-electron chi connectivity index (χ4n) is 1.96. The van der Waals surface area contributed by atoms with Gasteiger partial charge in [0.05, 0.1) is 12.1 Å². The van der Waals surface area contributed by atoms with E-state index in [-0.39, 0.29) is 18.1 Å². The highest BCUT2D eigenvalue weighted by Gasteiger charge is 2.09. The molecule has 0 saturated heterocycles. The molecule has 6 heteroatoms. The van der Waals surface area contributed by atoms with Crippen molar-refractivity contribution in [1.82, 2.24) is 15.4 Å². The van der Waals surface area contributed by atoms with E-state index in [9.17, 15) is 9.90 Å². The number of fused-ring (bicyclic) bond motifs is 1. The zero-order valence-corrected chi connectivity index (χ0v) is 10.5. The summed E-state index contributed by atoms with van der Waals surface area (Å²) in [6.45, 7) is 0. The number of phenolic OH excluding ortho intramolecular Hbond substituents is 1. The van der Waals surface area contributed by atoms with Gasteiger partial charge in [-0.2, -0.15) is 15.4 Å². The molecule has 0 fully saturated rings. The largest absolute Gasteiger partial charge is 0.508 e. The molecule has 0 spiro atoms. The number of hydrogen-bond donors (Lipinski definition) is 3. The molecule has 0 bridgehead atoms. The van der Waals surface area contributed by atoms with Crippen LogP contribution in [0.2, 0.25) is 0 Å². The number of rotatable bonds is 3. The van der Waals surface area contributed by atoms with Crippen LogP contribution >= 0.6 is 0 Å². The minimum atomic E-state index is -0.147. The number of aromatic amines is 1. The molecule has 2 aromatic carbocycles. The highest BCUT2D eigenvalue weighted by molar-refractivity contribution is 5.99. The molecule has 3 rings (SSSR count). The Morgan fingerprint density at radius 1 is 1.15 bits per heavy atom. The Kier molecular flexibility index (Phi) is 3.04. The number of para-hydroxylation sites is 1. The molecule has 6 nitrogen and oxygen atoms in total. The van der Waals surface area contributed by atoms with E-state index in [1.807, 2.05) is 6.07 Å². The predicted molar refractivity (Wildman–Crippen MR) is 74.3 cm³/mol. The average molecular weight is 268 g/mol. The number of carbonyl (C=O) groups is 1. The summed E-state index contributed by atoms with van der Waals surface area (Å²) < 4.78 is 0. The van der Waals surface area contributed by atoms with Crippen molar-refractivity contribution < 1.29 is 9.90 Å². The number of nitrogens with zero attached hydrogens (tertiary/aromatic N) is 2. The van der Waals surface area contributed by atoms with Crippen LogP contribution in [-0.4, -0.2) is 26.4 Å². The maximum absolute atomic E-state index is 12.0. The van der Waals surface area contributed by atoms with Crippen LogP contribution in [0.4, 0.5) is 5.69 Å². The van der Waals surface area contributed by atoms with Crippen LogP contribution in [0.3, 0.4) is 0 Å². The molecule has 0 unspecified atom stereocenters. The van der Waals surface area contributed by atoms with Crippen LogP contribution in [0.5, 0.6) is 5.75 Å². The van der Waals surface area contributed by atoms with Crippen molar-refractivity contribution in [3.63, 3.8) is 0 Å². The van der Waals surface area contributed by atoms with Gasteiger partial charge in [0.2, 0.25) is 5.91 Å². The minimum Gasteiger partial charge on any atom is -0.508 e. The lowest BCUT2D eigenvalue weighted by Gasteiger charge is -2.05. The zero-order chi connectivity index (χ0) is 13.9. The fraction of sp³-hybridized carbons (Fsp3) is 0.0714. The Balaban J connectivity index is 1.76. The molecular weight excluding hydrogens is 256 g/mol. The van der Waals surface area contributed by atoms with Crippen LogP contribution in [0, 0.1) is 0 Å². The van der Waals surface area contributed by atoms with Crippen molar-refractivity contribution in [2.45, 2.75) is 6.42 Å². The number of nitrogens with one attached hydrogen (secondary N) is 2. The summed E-state index contributed by atoms with van der Waals surface area (Å²) in [5, 5.41) is 22.5. The third-order valence-corrected chi connectivity index (χ3v) is 2.92. The van der Waals surface area contributed by atoms with Gasteiger partial charge >= 0.3 is 0 Å². The van der Waals surface area contributed by atoms with Gasteiger partial charge in [0.15, 0.2) is 0 Å². The second kappa shape index (κ2) is 5.00. The second-order valence-electron chi connectivity index (χ2n) is 4.39. The van der Waals surface area contributed by atoms with Crippen LogP contribution in [0.25, 0.3) is 11.0 Å².